The van der Waals surface area contributed by atoms with E-state index >= 15 is 0 Å². The van der Waals surface area contributed by atoms with Gasteiger partial charge in [0.15, 0.2) is 11.5 Å². The second kappa shape index (κ2) is 10.3. The van der Waals surface area contributed by atoms with Crippen LogP contribution in [0.1, 0.15) is 25.8 Å². The number of halogens is 1. The van der Waals surface area contributed by atoms with E-state index in [0.717, 1.165) is 10.0 Å². The molecule has 0 unspecified atom stereocenters. The van der Waals surface area contributed by atoms with Gasteiger partial charge in [-0.1, -0.05) is 41.9 Å². The predicted molar refractivity (Wildman–Crippen MR) is 120 cm³/mol. The molecular weight excluding hydrogens is 472 g/mol. The Labute approximate surface area is 186 Å². The van der Waals surface area contributed by atoms with Crippen LogP contribution < -0.4 is 19.5 Å². The molecule has 0 spiro atoms. The minimum atomic E-state index is -3.77. The monoisotopic (exact) mass is 498 g/mol. The van der Waals surface area contributed by atoms with Crippen molar-refractivity contribution in [3.63, 3.8) is 0 Å². The number of benzene rings is 2. The smallest absolute Gasteiger partial charge is 0.240 e. The lowest BCUT2D eigenvalue weighted by Crippen LogP contribution is -2.38. The molecule has 0 radical (unpaired) electrons. The van der Waals surface area contributed by atoms with E-state index in [1.54, 1.807) is 0 Å². The van der Waals surface area contributed by atoms with Crippen LogP contribution in [-0.2, 0) is 20.2 Å². The van der Waals surface area contributed by atoms with Crippen molar-refractivity contribution < 1.29 is 22.7 Å². The topological polar surface area (TPSA) is 93.7 Å². The first-order valence-electron chi connectivity index (χ1n) is 9.33. The average Bonchev–Trinajstić information content (AvgIpc) is 2.72. The maximum atomic E-state index is 12.5. The second-order valence-corrected chi connectivity index (χ2v) is 10.0. The van der Waals surface area contributed by atoms with E-state index in [4.69, 9.17) is 9.47 Å². The second-order valence-electron chi connectivity index (χ2n) is 7.33. The van der Waals surface area contributed by atoms with Gasteiger partial charge in [0.25, 0.3) is 0 Å². The number of carbonyl (C=O) groups is 1. The molecule has 0 aliphatic heterocycles. The molecule has 2 aromatic rings. The third-order valence-electron chi connectivity index (χ3n) is 4.66. The Hall–Kier alpha value is -2.10. The van der Waals surface area contributed by atoms with Crippen molar-refractivity contribution >= 4 is 31.9 Å². The van der Waals surface area contributed by atoms with Gasteiger partial charge in [-0.05, 0) is 29.8 Å². The first kappa shape index (κ1) is 24.2. The average molecular weight is 499 g/mol. The summed E-state index contributed by atoms with van der Waals surface area (Å²) in [5, 5.41) is 2.87. The zero-order chi connectivity index (χ0) is 22.4. The van der Waals surface area contributed by atoms with Gasteiger partial charge in [0.1, 0.15) is 0 Å². The Morgan fingerprint density at radius 3 is 2.27 bits per heavy atom. The Morgan fingerprint density at radius 2 is 1.67 bits per heavy atom. The van der Waals surface area contributed by atoms with Gasteiger partial charge in [-0.3, -0.25) is 4.79 Å². The van der Waals surface area contributed by atoms with Crippen molar-refractivity contribution in [1.82, 2.24) is 10.0 Å². The number of methoxy groups -OCH3 is 2. The quantitative estimate of drug-likeness (QED) is 0.524. The van der Waals surface area contributed by atoms with Crippen LogP contribution in [0.5, 0.6) is 11.5 Å². The normalized spacial score (nSPS) is 11.8. The highest BCUT2D eigenvalue weighted by atomic mass is 79.9. The van der Waals surface area contributed by atoms with Gasteiger partial charge in [-0.15, -0.1) is 0 Å². The molecule has 164 valence electrons. The predicted octanol–water partition coefficient (Wildman–Crippen LogP) is 3.23. The van der Waals surface area contributed by atoms with Gasteiger partial charge in [0.2, 0.25) is 15.9 Å². The van der Waals surface area contributed by atoms with Crippen molar-refractivity contribution in [1.29, 1.82) is 0 Å². The van der Waals surface area contributed by atoms with Crippen molar-refractivity contribution in [3.8, 4) is 11.5 Å². The fourth-order valence-electron chi connectivity index (χ4n) is 2.78. The van der Waals surface area contributed by atoms with Crippen LogP contribution in [0.4, 0.5) is 0 Å². The minimum absolute atomic E-state index is 0.0127. The summed E-state index contributed by atoms with van der Waals surface area (Å²) in [6.07, 6.45) is 0.0307. The molecule has 0 heterocycles. The van der Waals surface area contributed by atoms with Gasteiger partial charge in [-0.25, -0.2) is 13.1 Å². The molecule has 0 bridgehead atoms. The number of hydrogen-bond donors (Lipinski definition) is 2. The molecule has 0 aliphatic carbocycles. The van der Waals surface area contributed by atoms with E-state index in [0.29, 0.717) is 18.0 Å². The van der Waals surface area contributed by atoms with Crippen LogP contribution in [0.25, 0.3) is 0 Å². The van der Waals surface area contributed by atoms with E-state index < -0.39 is 10.0 Å². The summed E-state index contributed by atoms with van der Waals surface area (Å²) < 4.78 is 38.6. The van der Waals surface area contributed by atoms with Crippen LogP contribution in [0.3, 0.4) is 0 Å². The van der Waals surface area contributed by atoms with Crippen molar-refractivity contribution in [2.24, 2.45) is 0 Å². The fourth-order valence-corrected chi connectivity index (χ4v) is 4.09. The summed E-state index contributed by atoms with van der Waals surface area (Å²) in [5.74, 6) is 0.521. The van der Waals surface area contributed by atoms with E-state index in [1.165, 1.54) is 32.4 Å². The molecule has 0 saturated heterocycles. The SMILES string of the molecule is COc1ccc(S(=O)(=O)NCCC(=O)NCC(C)(C)c2ccc(Br)cc2)cc1OC. The Bertz CT molecular complexity index is 975. The molecule has 7 nitrogen and oxygen atoms in total. The summed E-state index contributed by atoms with van der Waals surface area (Å²) in [6, 6.07) is 12.3. The van der Waals surface area contributed by atoms with Crippen LogP contribution in [0.2, 0.25) is 0 Å². The van der Waals surface area contributed by atoms with Crippen molar-refractivity contribution in [2.45, 2.75) is 30.6 Å². The van der Waals surface area contributed by atoms with E-state index in [1.807, 2.05) is 38.1 Å². The number of amides is 1. The highest BCUT2D eigenvalue weighted by Gasteiger charge is 2.22. The standard InChI is InChI=1S/C21H27BrN2O5S/c1-21(2,15-5-7-16(22)8-6-15)14-23-20(25)11-12-24-30(26,27)17-9-10-18(28-3)19(13-17)29-4/h5-10,13,24H,11-12,14H2,1-4H3,(H,23,25). The summed E-state index contributed by atoms with van der Waals surface area (Å²) >= 11 is 3.41. The number of carbonyl (C=O) groups excluding carboxylic acids is 1. The largest absolute Gasteiger partial charge is 0.493 e. The summed E-state index contributed by atoms with van der Waals surface area (Å²) in [5.41, 5.74) is 0.843. The summed E-state index contributed by atoms with van der Waals surface area (Å²) in [7, 11) is -0.868. The van der Waals surface area contributed by atoms with Crippen LogP contribution in [-0.4, -0.2) is 41.6 Å². The zero-order valence-corrected chi connectivity index (χ0v) is 19.9. The van der Waals surface area contributed by atoms with Gasteiger partial charge >= 0.3 is 0 Å². The van der Waals surface area contributed by atoms with Crippen molar-refractivity contribution in [3.05, 3.63) is 52.5 Å². The molecule has 0 aromatic heterocycles. The van der Waals surface area contributed by atoms with Gasteiger partial charge in [-0.2, -0.15) is 0 Å². The number of nitrogens with one attached hydrogen (secondary N) is 2. The number of rotatable bonds is 10. The van der Waals surface area contributed by atoms with Gasteiger partial charge in [0.05, 0.1) is 19.1 Å². The maximum Gasteiger partial charge on any atom is 0.240 e. The Balaban J connectivity index is 1.88. The molecule has 2 N–H and O–H groups in total. The molecule has 9 heteroatoms. The summed E-state index contributed by atoms with van der Waals surface area (Å²) in [6.45, 7) is 4.50. The summed E-state index contributed by atoms with van der Waals surface area (Å²) in [4.78, 5) is 12.2. The first-order valence-corrected chi connectivity index (χ1v) is 11.6. The highest BCUT2D eigenvalue weighted by molar-refractivity contribution is 9.10. The van der Waals surface area contributed by atoms with Crippen molar-refractivity contribution in [2.75, 3.05) is 27.3 Å². The third kappa shape index (κ3) is 6.45. The molecule has 0 aliphatic rings. The molecular formula is C21H27BrN2O5S. The Morgan fingerprint density at radius 1 is 1.03 bits per heavy atom. The lowest BCUT2D eigenvalue weighted by Gasteiger charge is -2.25. The molecule has 2 rings (SSSR count). The maximum absolute atomic E-state index is 12.5. The highest BCUT2D eigenvalue weighted by Crippen LogP contribution is 2.29. The van der Waals surface area contributed by atoms with Gasteiger partial charge < -0.3 is 14.8 Å². The molecule has 2 aromatic carbocycles. The number of ether oxygens (including phenoxy) is 2. The van der Waals surface area contributed by atoms with Crippen LogP contribution >= 0.6 is 15.9 Å². The van der Waals surface area contributed by atoms with E-state index in [2.05, 4.69) is 26.0 Å². The minimum Gasteiger partial charge on any atom is -0.493 e. The van der Waals surface area contributed by atoms with Crippen LogP contribution in [0.15, 0.2) is 51.8 Å². The van der Waals surface area contributed by atoms with Gasteiger partial charge in [0, 0.05) is 35.5 Å². The van der Waals surface area contributed by atoms with E-state index in [9.17, 15) is 13.2 Å². The van der Waals surface area contributed by atoms with Crippen LogP contribution in [0, 0.1) is 0 Å². The van der Waals surface area contributed by atoms with E-state index in [-0.39, 0.29) is 29.2 Å². The molecule has 1 amide bonds. The molecule has 30 heavy (non-hydrogen) atoms. The third-order valence-corrected chi connectivity index (χ3v) is 6.65. The lowest BCUT2D eigenvalue weighted by atomic mass is 9.84. The Kier molecular flexibility index (Phi) is 8.28. The molecule has 0 fully saturated rings. The zero-order valence-electron chi connectivity index (χ0n) is 17.5. The molecule has 0 atom stereocenters. The number of sulfonamides is 1. The fraction of sp³-hybridized carbons (Fsp3) is 0.381. The lowest BCUT2D eigenvalue weighted by molar-refractivity contribution is -0.121. The number of hydrogen-bond acceptors (Lipinski definition) is 5. The molecule has 0 saturated carbocycles. The first-order chi connectivity index (χ1) is 14.1.